The fourth-order valence-electron chi connectivity index (χ4n) is 6.47. The van der Waals surface area contributed by atoms with Gasteiger partial charge in [0.25, 0.3) is 11.8 Å². The highest BCUT2D eigenvalue weighted by Crippen LogP contribution is 2.42. The Bertz CT molecular complexity index is 1950. The molecule has 1 aliphatic carbocycles. The lowest BCUT2D eigenvalue weighted by Gasteiger charge is -2.38. The number of rotatable bonds is 12. The number of anilines is 1. The highest BCUT2D eigenvalue weighted by Gasteiger charge is 2.38. The number of amidine groups is 1. The predicted octanol–water partition coefficient (Wildman–Crippen LogP) is 7.65. The molecule has 0 spiro atoms. The maximum Gasteiger partial charge on any atom is 0.311 e. The van der Waals surface area contributed by atoms with E-state index in [1.165, 1.54) is 18.0 Å². The zero-order chi connectivity index (χ0) is 35.9. The van der Waals surface area contributed by atoms with Gasteiger partial charge in [0.15, 0.2) is 11.5 Å². The summed E-state index contributed by atoms with van der Waals surface area (Å²) < 4.78 is 56.9. The number of nitriles is 1. The molecular formula is C39H39F2N5O5. The SMILES string of the molecule is CCOC(=O)C1CCCCC1N(C)c1c(F)c(Oc2cccc(C3=NCCN3C)c2)nc(Oc2cc(C#N)ccc2OCc2ccccc2)c1F. The molecule has 2 heterocycles. The van der Waals surface area contributed by atoms with Crippen molar-refractivity contribution in [2.45, 2.75) is 45.3 Å². The van der Waals surface area contributed by atoms with Crippen LogP contribution in [0.15, 0.2) is 77.8 Å². The monoisotopic (exact) mass is 695 g/mol. The number of esters is 1. The van der Waals surface area contributed by atoms with Crippen molar-refractivity contribution in [1.82, 2.24) is 9.88 Å². The third-order valence-corrected chi connectivity index (χ3v) is 9.05. The summed E-state index contributed by atoms with van der Waals surface area (Å²) in [6, 6.07) is 22.3. The number of benzene rings is 3. The Balaban J connectivity index is 1.42. The summed E-state index contributed by atoms with van der Waals surface area (Å²) in [5.74, 6) is -3.12. The fourth-order valence-corrected chi connectivity index (χ4v) is 6.47. The van der Waals surface area contributed by atoms with Gasteiger partial charge in [-0.2, -0.15) is 19.0 Å². The first-order chi connectivity index (χ1) is 24.8. The van der Waals surface area contributed by atoms with Crippen LogP contribution < -0.4 is 19.1 Å². The van der Waals surface area contributed by atoms with E-state index in [4.69, 9.17) is 18.9 Å². The lowest BCUT2D eigenvalue weighted by atomic mass is 9.83. The lowest BCUT2D eigenvalue weighted by molar-refractivity contribution is -0.149. The van der Waals surface area contributed by atoms with Crippen LogP contribution in [-0.2, 0) is 16.1 Å². The molecule has 2 aliphatic rings. The van der Waals surface area contributed by atoms with Crippen LogP contribution in [0, 0.1) is 28.9 Å². The number of likely N-dealkylation sites (N-methyl/N-ethyl adjacent to an activating group) is 1. The van der Waals surface area contributed by atoms with Crippen molar-refractivity contribution < 1.29 is 32.5 Å². The van der Waals surface area contributed by atoms with Gasteiger partial charge in [0.05, 0.1) is 30.7 Å². The molecule has 4 aromatic rings. The zero-order valence-electron chi connectivity index (χ0n) is 28.8. The molecule has 0 bridgehead atoms. The number of nitrogens with zero attached hydrogens (tertiary/aromatic N) is 5. The van der Waals surface area contributed by atoms with Crippen LogP contribution >= 0.6 is 0 Å². The molecule has 0 saturated heterocycles. The van der Waals surface area contributed by atoms with Gasteiger partial charge in [-0.3, -0.25) is 9.79 Å². The first-order valence-electron chi connectivity index (χ1n) is 17.0. The van der Waals surface area contributed by atoms with E-state index < -0.39 is 47.0 Å². The molecular weight excluding hydrogens is 656 g/mol. The predicted molar refractivity (Wildman–Crippen MR) is 187 cm³/mol. The number of pyridine rings is 1. The summed E-state index contributed by atoms with van der Waals surface area (Å²) in [6.07, 6.45) is 2.58. The van der Waals surface area contributed by atoms with Gasteiger partial charge in [0, 0.05) is 38.3 Å². The van der Waals surface area contributed by atoms with Gasteiger partial charge in [-0.15, -0.1) is 0 Å². The molecule has 51 heavy (non-hydrogen) atoms. The Morgan fingerprint density at radius 3 is 2.47 bits per heavy atom. The van der Waals surface area contributed by atoms with Crippen LogP contribution in [-0.4, -0.2) is 61.5 Å². The smallest absolute Gasteiger partial charge is 0.311 e. The summed E-state index contributed by atoms with van der Waals surface area (Å²) >= 11 is 0. The van der Waals surface area contributed by atoms with E-state index >= 15 is 8.78 Å². The second-order valence-corrected chi connectivity index (χ2v) is 12.4. The minimum atomic E-state index is -1.11. The Hall–Kier alpha value is -5.70. The first-order valence-corrected chi connectivity index (χ1v) is 17.0. The molecule has 12 heteroatoms. The standard InChI is InChI=1S/C39H39F2N5O5/c1-4-48-39(47)29-15-8-9-16-30(29)46(3)35-33(40)37(50-28-14-10-13-27(22-28)36-43-19-20-45(36)2)44-38(34(35)41)51-32-21-26(23-42)17-18-31(32)49-24-25-11-6-5-7-12-25/h5-7,10-14,17-18,21-22,29-30H,4,8-9,15-16,19-20,24H2,1-3H3. The van der Waals surface area contributed by atoms with Gasteiger partial charge in [0.2, 0.25) is 11.6 Å². The molecule has 264 valence electrons. The van der Waals surface area contributed by atoms with Gasteiger partial charge in [-0.1, -0.05) is 55.3 Å². The number of aromatic nitrogens is 1. The first kappa shape index (κ1) is 35.1. The molecule has 0 N–H and O–H groups in total. The summed E-state index contributed by atoms with van der Waals surface area (Å²) in [5, 5.41) is 9.65. The second kappa shape index (κ2) is 15.9. The molecule has 1 aromatic heterocycles. The van der Waals surface area contributed by atoms with Crippen molar-refractivity contribution in [3.8, 4) is 35.1 Å². The molecule has 1 saturated carbocycles. The Labute approximate surface area is 295 Å². The molecule has 0 amide bonds. The molecule has 2 unspecified atom stereocenters. The van der Waals surface area contributed by atoms with E-state index in [1.807, 2.05) is 48.3 Å². The van der Waals surface area contributed by atoms with Crippen molar-refractivity contribution in [3.05, 3.63) is 101 Å². The van der Waals surface area contributed by atoms with Crippen LogP contribution in [0.3, 0.4) is 0 Å². The van der Waals surface area contributed by atoms with E-state index in [2.05, 4.69) is 16.0 Å². The number of carbonyl (C=O) groups is 1. The minimum absolute atomic E-state index is 0.00566. The number of hydrogen-bond acceptors (Lipinski definition) is 10. The van der Waals surface area contributed by atoms with Crippen LogP contribution in [0.25, 0.3) is 0 Å². The topological polar surface area (TPSA) is 110 Å². The molecule has 2 atom stereocenters. The third-order valence-electron chi connectivity index (χ3n) is 9.05. The van der Waals surface area contributed by atoms with Crippen LogP contribution in [0.2, 0.25) is 0 Å². The highest BCUT2D eigenvalue weighted by molar-refractivity contribution is 5.99. The van der Waals surface area contributed by atoms with E-state index in [0.717, 1.165) is 36.3 Å². The van der Waals surface area contributed by atoms with E-state index in [0.29, 0.717) is 19.4 Å². The fraction of sp³-hybridized carbons (Fsp3) is 0.333. The minimum Gasteiger partial charge on any atom is -0.485 e. The summed E-state index contributed by atoms with van der Waals surface area (Å²) in [5.41, 5.74) is 1.39. The highest BCUT2D eigenvalue weighted by atomic mass is 19.1. The van der Waals surface area contributed by atoms with Crippen molar-refractivity contribution in [2.75, 3.05) is 38.7 Å². The van der Waals surface area contributed by atoms with Crippen molar-refractivity contribution in [1.29, 1.82) is 5.26 Å². The van der Waals surface area contributed by atoms with Crippen molar-refractivity contribution in [3.63, 3.8) is 0 Å². The summed E-state index contributed by atoms with van der Waals surface area (Å²) in [7, 11) is 3.47. The quantitative estimate of drug-likeness (QED) is 0.138. The van der Waals surface area contributed by atoms with Crippen molar-refractivity contribution in [2.24, 2.45) is 10.9 Å². The average molecular weight is 696 g/mol. The molecule has 1 fully saturated rings. The number of aliphatic imine (C=N–C) groups is 1. The molecule has 3 aromatic carbocycles. The number of halogens is 2. The Morgan fingerprint density at radius 2 is 1.75 bits per heavy atom. The van der Waals surface area contributed by atoms with E-state index in [9.17, 15) is 10.1 Å². The average Bonchev–Trinajstić information content (AvgIpc) is 3.59. The lowest BCUT2D eigenvalue weighted by Crippen LogP contribution is -2.45. The second-order valence-electron chi connectivity index (χ2n) is 12.4. The van der Waals surface area contributed by atoms with E-state index in [1.54, 1.807) is 37.3 Å². The van der Waals surface area contributed by atoms with Gasteiger partial charge < -0.3 is 28.7 Å². The van der Waals surface area contributed by atoms with Gasteiger partial charge in [0.1, 0.15) is 23.9 Å². The molecule has 0 radical (unpaired) electrons. The summed E-state index contributed by atoms with van der Waals surface area (Å²) in [6.45, 7) is 3.50. The third kappa shape index (κ3) is 7.88. The summed E-state index contributed by atoms with van der Waals surface area (Å²) in [4.78, 5) is 25.2. The van der Waals surface area contributed by atoms with E-state index in [-0.39, 0.29) is 36.0 Å². The number of carbonyl (C=O) groups excluding carboxylic acids is 1. The number of hydrogen-bond donors (Lipinski definition) is 0. The zero-order valence-corrected chi connectivity index (χ0v) is 28.8. The van der Waals surface area contributed by atoms with Gasteiger partial charge >= 0.3 is 5.97 Å². The van der Waals surface area contributed by atoms with Crippen LogP contribution in [0.1, 0.15) is 49.3 Å². The largest absolute Gasteiger partial charge is 0.485 e. The molecule has 1 aliphatic heterocycles. The van der Waals surface area contributed by atoms with Crippen LogP contribution in [0.4, 0.5) is 14.5 Å². The molecule has 6 rings (SSSR count). The number of ether oxygens (including phenoxy) is 4. The van der Waals surface area contributed by atoms with Crippen LogP contribution in [0.5, 0.6) is 29.0 Å². The van der Waals surface area contributed by atoms with Crippen molar-refractivity contribution >= 4 is 17.5 Å². The normalized spacial score (nSPS) is 16.9. The maximum absolute atomic E-state index is 16.7. The van der Waals surface area contributed by atoms with Gasteiger partial charge in [-0.25, -0.2) is 0 Å². The Morgan fingerprint density at radius 1 is 0.980 bits per heavy atom. The maximum atomic E-state index is 16.7. The molecule has 10 nitrogen and oxygen atoms in total. The Kier molecular flexibility index (Phi) is 10.9. The van der Waals surface area contributed by atoms with Gasteiger partial charge in [-0.05, 0) is 49.6 Å².